The fourth-order valence-corrected chi connectivity index (χ4v) is 4.60. The highest BCUT2D eigenvalue weighted by molar-refractivity contribution is 14.1. The largest absolute Gasteiger partial charge is 0.339 e. The van der Waals surface area contributed by atoms with E-state index < -0.39 is 5.92 Å². The SMILES string of the molecule is CCN1CCN(c2ncc(Cl)c(Nc3ccc4c(c3)CC(C(=O)NI)C(=O)N4C)n2)CC1. The maximum Gasteiger partial charge on any atom is 0.241 e. The Balaban J connectivity index is 1.55. The van der Waals surface area contributed by atoms with Gasteiger partial charge in [0.25, 0.3) is 0 Å². The van der Waals surface area contributed by atoms with Crippen molar-refractivity contribution in [3.05, 3.63) is 35.0 Å². The molecular formula is C21H25ClIN7O2. The minimum atomic E-state index is -0.740. The summed E-state index contributed by atoms with van der Waals surface area (Å²) < 4.78 is 2.55. The highest BCUT2D eigenvalue weighted by Gasteiger charge is 2.35. The third-order valence-corrected chi connectivity index (χ3v) is 6.81. The molecule has 1 saturated heterocycles. The van der Waals surface area contributed by atoms with Crippen LogP contribution in [0.1, 0.15) is 12.5 Å². The summed E-state index contributed by atoms with van der Waals surface area (Å²) in [5.41, 5.74) is 2.48. The van der Waals surface area contributed by atoms with Gasteiger partial charge in [0.15, 0.2) is 5.82 Å². The lowest BCUT2D eigenvalue weighted by Gasteiger charge is -2.34. The molecule has 170 valence electrons. The number of benzene rings is 1. The van der Waals surface area contributed by atoms with Gasteiger partial charge in [-0.1, -0.05) is 18.5 Å². The van der Waals surface area contributed by atoms with E-state index in [0.717, 1.165) is 49.7 Å². The normalized spacial score (nSPS) is 19.0. The molecule has 0 radical (unpaired) electrons. The number of likely N-dealkylation sites (N-methyl/N-ethyl adjacent to an activating group) is 1. The lowest BCUT2D eigenvalue weighted by Crippen LogP contribution is -2.46. The van der Waals surface area contributed by atoms with Gasteiger partial charge >= 0.3 is 0 Å². The van der Waals surface area contributed by atoms with Crippen molar-refractivity contribution in [3.8, 4) is 0 Å². The molecule has 0 saturated carbocycles. The maximum absolute atomic E-state index is 12.5. The Morgan fingerprint density at radius 2 is 2.03 bits per heavy atom. The van der Waals surface area contributed by atoms with Crippen LogP contribution in [0.15, 0.2) is 24.4 Å². The second kappa shape index (κ2) is 9.75. The van der Waals surface area contributed by atoms with Crippen LogP contribution in [0.5, 0.6) is 0 Å². The molecule has 4 rings (SSSR count). The van der Waals surface area contributed by atoms with Gasteiger partial charge in [-0.15, -0.1) is 0 Å². The number of carbonyl (C=O) groups is 2. The van der Waals surface area contributed by atoms with Crippen LogP contribution >= 0.6 is 34.5 Å². The maximum atomic E-state index is 12.5. The molecule has 11 heteroatoms. The molecular weight excluding hydrogens is 545 g/mol. The van der Waals surface area contributed by atoms with E-state index in [-0.39, 0.29) is 11.8 Å². The summed E-state index contributed by atoms with van der Waals surface area (Å²) in [6, 6.07) is 5.68. The fourth-order valence-electron chi connectivity index (χ4n) is 4.08. The zero-order valence-corrected chi connectivity index (χ0v) is 20.9. The predicted octanol–water partition coefficient (Wildman–Crippen LogP) is 2.62. The van der Waals surface area contributed by atoms with Gasteiger partial charge in [-0.3, -0.25) is 13.1 Å². The minimum Gasteiger partial charge on any atom is -0.339 e. The Labute approximate surface area is 206 Å². The van der Waals surface area contributed by atoms with Crippen LogP contribution in [0.25, 0.3) is 0 Å². The van der Waals surface area contributed by atoms with Crippen LogP contribution in [-0.2, 0) is 16.0 Å². The molecule has 2 aliphatic heterocycles. The van der Waals surface area contributed by atoms with Gasteiger partial charge < -0.3 is 20.0 Å². The van der Waals surface area contributed by atoms with Crippen LogP contribution in [0.4, 0.5) is 23.1 Å². The summed E-state index contributed by atoms with van der Waals surface area (Å²) in [6.45, 7) is 6.91. The number of aromatic nitrogens is 2. The lowest BCUT2D eigenvalue weighted by molar-refractivity contribution is -0.132. The summed E-state index contributed by atoms with van der Waals surface area (Å²) in [5, 5.41) is 3.70. The number of nitrogens with one attached hydrogen (secondary N) is 2. The molecule has 2 aromatic rings. The van der Waals surface area contributed by atoms with Crippen molar-refractivity contribution in [3.63, 3.8) is 0 Å². The quantitative estimate of drug-likeness (QED) is 0.325. The zero-order chi connectivity index (χ0) is 22.8. The van der Waals surface area contributed by atoms with E-state index in [9.17, 15) is 9.59 Å². The van der Waals surface area contributed by atoms with E-state index in [1.165, 1.54) is 4.90 Å². The molecule has 1 aromatic carbocycles. The Morgan fingerprint density at radius 3 is 2.72 bits per heavy atom. The zero-order valence-electron chi connectivity index (χ0n) is 17.9. The number of halogens is 2. The van der Waals surface area contributed by atoms with Crippen molar-refractivity contribution < 1.29 is 9.59 Å². The van der Waals surface area contributed by atoms with Crippen molar-refractivity contribution >= 4 is 69.4 Å². The van der Waals surface area contributed by atoms with E-state index in [4.69, 9.17) is 11.6 Å². The Hall–Kier alpha value is -2.18. The summed E-state index contributed by atoms with van der Waals surface area (Å²) >= 11 is 8.14. The number of hydrogen-bond acceptors (Lipinski definition) is 7. The number of anilines is 4. The van der Waals surface area contributed by atoms with Gasteiger partial charge in [0, 0.05) is 44.6 Å². The van der Waals surface area contributed by atoms with Crippen LogP contribution in [-0.4, -0.2) is 66.5 Å². The molecule has 9 nitrogen and oxygen atoms in total. The third-order valence-electron chi connectivity index (χ3n) is 6.00. The van der Waals surface area contributed by atoms with E-state index >= 15 is 0 Å². The lowest BCUT2D eigenvalue weighted by atomic mass is 9.91. The average molecular weight is 570 g/mol. The molecule has 32 heavy (non-hydrogen) atoms. The molecule has 1 fully saturated rings. The van der Waals surface area contributed by atoms with Crippen molar-refractivity contribution in [1.82, 2.24) is 18.4 Å². The highest BCUT2D eigenvalue weighted by atomic mass is 127. The number of amides is 2. The molecule has 1 atom stereocenters. The summed E-state index contributed by atoms with van der Waals surface area (Å²) in [6.07, 6.45) is 1.96. The molecule has 2 N–H and O–H groups in total. The van der Waals surface area contributed by atoms with Gasteiger partial charge in [-0.25, -0.2) is 4.98 Å². The van der Waals surface area contributed by atoms with Crippen molar-refractivity contribution in [2.75, 3.05) is 54.9 Å². The second-order valence-electron chi connectivity index (χ2n) is 7.87. The molecule has 0 aliphatic carbocycles. The van der Waals surface area contributed by atoms with E-state index in [1.54, 1.807) is 36.1 Å². The fraction of sp³-hybridized carbons (Fsp3) is 0.429. The summed E-state index contributed by atoms with van der Waals surface area (Å²) in [7, 11) is 1.69. The third kappa shape index (κ3) is 4.62. The first kappa shape index (κ1) is 23.0. The second-order valence-corrected chi connectivity index (χ2v) is 8.82. The van der Waals surface area contributed by atoms with Crippen molar-refractivity contribution in [2.45, 2.75) is 13.3 Å². The Morgan fingerprint density at radius 1 is 1.28 bits per heavy atom. The monoisotopic (exact) mass is 569 g/mol. The first-order valence-electron chi connectivity index (χ1n) is 10.5. The van der Waals surface area contributed by atoms with E-state index in [0.29, 0.717) is 23.2 Å². The van der Waals surface area contributed by atoms with Gasteiger partial charge in [0.1, 0.15) is 10.9 Å². The van der Waals surface area contributed by atoms with Gasteiger partial charge in [0.05, 0.1) is 29.1 Å². The highest BCUT2D eigenvalue weighted by Crippen LogP contribution is 2.34. The van der Waals surface area contributed by atoms with E-state index in [1.807, 2.05) is 18.2 Å². The number of fused-ring (bicyclic) bond motifs is 1. The van der Waals surface area contributed by atoms with E-state index in [2.05, 4.69) is 35.5 Å². The smallest absolute Gasteiger partial charge is 0.241 e. The molecule has 2 aliphatic rings. The molecule has 2 amide bonds. The standard InChI is InChI=1S/C21H25ClIN7O2/c1-3-29-6-8-30(9-7-29)21-24-12-16(22)18(26-21)25-14-4-5-17-13(10-14)11-15(19(31)27-23)20(32)28(17)2/h4-5,10,12,15H,3,6-9,11H2,1-2H3,(H,27,31)(H,24,25,26). The van der Waals surface area contributed by atoms with Crippen LogP contribution in [0, 0.1) is 5.92 Å². The predicted molar refractivity (Wildman–Crippen MR) is 134 cm³/mol. The van der Waals surface area contributed by atoms with Gasteiger partial charge in [-0.2, -0.15) is 4.98 Å². The Kier molecular flexibility index (Phi) is 7.01. The van der Waals surface area contributed by atoms with Crippen LogP contribution in [0.3, 0.4) is 0 Å². The van der Waals surface area contributed by atoms with Gasteiger partial charge in [0.2, 0.25) is 17.8 Å². The topological polar surface area (TPSA) is 93.7 Å². The molecule has 1 aromatic heterocycles. The first-order valence-corrected chi connectivity index (χ1v) is 11.9. The summed E-state index contributed by atoms with van der Waals surface area (Å²) in [4.78, 5) is 39.9. The number of nitrogens with zero attached hydrogens (tertiary/aromatic N) is 5. The number of rotatable bonds is 5. The number of carbonyl (C=O) groups excluding carboxylic acids is 2. The molecule has 0 spiro atoms. The molecule has 3 heterocycles. The summed E-state index contributed by atoms with van der Waals surface area (Å²) in [5.74, 6) is -0.0705. The molecule has 1 unspecified atom stereocenters. The minimum absolute atomic E-state index is 0.209. The molecule has 0 bridgehead atoms. The van der Waals surface area contributed by atoms with Crippen LogP contribution in [0.2, 0.25) is 5.02 Å². The van der Waals surface area contributed by atoms with Gasteiger partial charge in [-0.05, 0) is 36.7 Å². The van der Waals surface area contributed by atoms with Crippen LogP contribution < -0.4 is 18.6 Å². The first-order chi connectivity index (χ1) is 15.4. The Bertz CT molecular complexity index is 1030. The van der Waals surface area contributed by atoms with Crippen molar-refractivity contribution in [1.29, 1.82) is 0 Å². The van der Waals surface area contributed by atoms with Crippen molar-refractivity contribution in [2.24, 2.45) is 5.92 Å². The number of hydrogen-bond donors (Lipinski definition) is 2. The number of piperazine rings is 1. The average Bonchev–Trinajstić information content (AvgIpc) is 2.82.